The Balaban J connectivity index is 2.54. The van der Waals surface area contributed by atoms with Gasteiger partial charge in [0.15, 0.2) is 4.90 Å². The fourth-order valence-corrected chi connectivity index (χ4v) is 4.62. The Morgan fingerprint density at radius 1 is 1.33 bits per heavy atom. The normalized spacial score (nSPS) is 23.9. The average Bonchev–Trinajstić information content (AvgIpc) is 2.40. The molecule has 2 unspecified atom stereocenters. The van der Waals surface area contributed by atoms with Crippen molar-refractivity contribution in [3.05, 3.63) is 28.3 Å². The highest BCUT2D eigenvalue weighted by atomic mass is 32.2. The zero-order valence-electron chi connectivity index (χ0n) is 12.0. The molecule has 8 heteroatoms. The molecule has 1 aromatic carbocycles. The molecule has 0 aliphatic carbocycles. The molecule has 1 aromatic rings. The van der Waals surface area contributed by atoms with Gasteiger partial charge in [-0.05, 0) is 37.8 Å². The molecule has 1 fully saturated rings. The number of sulfonamides is 1. The van der Waals surface area contributed by atoms with E-state index in [1.807, 2.05) is 13.8 Å². The number of piperidine rings is 1. The van der Waals surface area contributed by atoms with Gasteiger partial charge in [-0.2, -0.15) is 4.31 Å². The van der Waals surface area contributed by atoms with Gasteiger partial charge in [-0.3, -0.25) is 10.1 Å². The molecule has 1 aliphatic rings. The molecule has 0 bridgehead atoms. The summed E-state index contributed by atoms with van der Waals surface area (Å²) in [4.78, 5) is 10.1. The second-order valence-corrected chi connectivity index (χ2v) is 7.42. The van der Waals surface area contributed by atoms with Gasteiger partial charge in [0.05, 0.1) is 4.92 Å². The predicted molar refractivity (Wildman–Crippen MR) is 79.3 cm³/mol. The van der Waals surface area contributed by atoms with E-state index in [1.165, 1.54) is 22.5 Å². The Kier molecular flexibility index (Phi) is 4.20. The molecule has 21 heavy (non-hydrogen) atoms. The van der Waals surface area contributed by atoms with Gasteiger partial charge in [-0.25, -0.2) is 8.42 Å². The van der Waals surface area contributed by atoms with Crippen LogP contribution in [0.4, 0.5) is 11.4 Å². The van der Waals surface area contributed by atoms with Gasteiger partial charge in [0.25, 0.3) is 0 Å². The summed E-state index contributed by atoms with van der Waals surface area (Å²) in [5.74, 6) is 0.232. The van der Waals surface area contributed by atoms with Crippen LogP contribution in [0.15, 0.2) is 23.1 Å². The number of hydrogen-bond donors (Lipinski definition) is 1. The number of benzene rings is 1. The van der Waals surface area contributed by atoms with E-state index in [4.69, 9.17) is 5.73 Å². The molecule has 2 N–H and O–H groups in total. The Morgan fingerprint density at radius 3 is 2.62 bits per heavy atom. The van der Waals surface area contributed by atoms with Gasteiger partial charge < -0.3 is 5.73 Å². The molecule has 2 rings (SSSR count). The number of para-hydroxylation sites is 1. The lowest BCUT2D eigenvalue weighted by molar-refractivity contribution is -0.386. The van der Waals surface area contributed by atoms with Crippen molar-refractivity contribution in [2.75, 3.05) is 12.3 Å². The summed E-state index contributed by atoms with van der Waals surface area (Å²) in [7, 11) is -3.93. The first-order valence-electron chi connectivity index (χ1n) is 6.80. The molecule has 0 aromatic heterocycles. The SMILES string of the molecule is CC1CCC(C)N(S(=O)(=O)c2cccc(N)c2[N+](=O)[O-])C1. The zero-order chi connectivity index (χ0) is 15.8. The van der Waals surface area contributed by atoms with Crippen LogP contribution in [0, 0.1) is 16.0 Å². The standard InChI is InChI=1S/C13H19N3O4S/c1-9-6-7-10(2)15(8-9)21(19,20)12-5-3-4-11(14)13(12)16(17)18/h3-5,9-10H,6-8,14H2,1-2H3. The van der Waals surface area contributed by atoms with Crippen molar-refractivity contribution in [2.24, 2.45) is 5.92 Å². The second kappa shape index (κ2) is 5.61. The summed E-state index contributed by atoms with van der Waals surface area (Å²) in [5.41, 5.74) is 4.91. The van der Waals surface area contributed by atoms with Gasteiger partial charge in [-0.1, -0.05) is 13.0 Å². The number of nitro groups is 1. The molecule has 0 amide bonds. The Morgan fingerprint density at radius 2 is 2.00 bits per heavy atom. The fourth-order valence-electron chi connectivity index (χ4n) is 2.65. The van der Waals surface area contributed by atoms with Gasteiger partial charge >= 0.3 is 5.69 Å². The zero-order valence-corrected chi connectivity index (χ0v) is 12.8. The first-order valence-corrected chi connectivity index (χ1v) is 8.24. The quantitative estimate of drug-likeness (QED) is 0.521. The van der Waals surface area contributed by atoms with E-state index in [-0.39, 0.29) is 22.5 Å². The minimum Gasteiger partial charge on any atom is -0.393 e. The number of rotatable bonds is 3. The molecule has 0 spiro atoms. The highest BCUT2D eigenvalue weighted by molar-refractivity contribution is 7.89. The van der Waals surface area contributed by atoms with Crippen molar-refractivity contribution in [3.63, 3.8) is 0 Å². The first-order chi connectivity index (χ1) is 9.75. The maximum Gasteiger partial charge on any atom is 0.312 e. The van der Waals surface area contributed by atoms with Gasteiger partial charge in [0.1, 0.15) is 5.69 Å². The fraction of sp³-hybridized carbons (Fsp3) is 0.538. The summed E-state index contributed by atoms with van der Waals surface area (Å²) in [6.45, 7) is 4.17. The van der Waals surface area contributed by atoms with Crippen LogP contribution in [0.25, 0.3) is 0 Å². The van der Waals surface area contributed by atoms with Crippen LogP contribution in [0.5, 0.6) is 0 Å². The molecule has 116 valence electrons. The summed E-state index contributed by atoms with van der Waals surface area (Å²) < 4.78 is 26.9. The summed E-state index contributed by atoms with van der Waals surface area (Å²) in [6, 6.07) is 3.83. The van der Waals surface area contributed by atoms with Crippen LogP contribution in [-0.4, -0.2) is 30.2 Å². The van der Waals surface area contributed by atoms with E-state index in [9.17, 15) is 18.5 Å². The number of hydrogen-bond acceptors (Lipinski definition) is 5. The smallest absolute Gasteiger partial charge is 0.312 e. The monoisotopic (exact) mass is 313 g/mol. The highest BCUT2D eigenvalue weighted by Crippen LogP contribution is 2.35. The Bertz CT molecular complexity index is 659. The van der Waals surface area contributed by atoms with Crippen molar-refractivity contribution in [2.45, 2.75) is 37.6 Å². The summed E-state index contributed by atoms with van der Waals surface area (Å²) >= 11 is 0. The van der Waals surface area contributed by atoms with Crippen molar-refractivity contribution >= 4 is 21.4 Å². The van der Waals surface area contributed by atoms with Crippen molar-refractivity contribution in [1.29, 1.82) is 0 Å². The van der Waals surface area contributed by atoms with Crippen LogP contribution < -0.4 is 5.73 Å². The van der Waals surface area contributed by atoms with E-state index in [0.717, 1.165) is 12.8 Å². The second-order valence-electron chi connectivity index (χ2n) is 5.56. The van der Waals surface area contributed by atoms with Crippen LogP contribution >= 0.6 is 0 Å². The first kappa shape index (κ1) is 15.7. The highest BCUT2D eigenvalue weighted by Gasteiger charge is 2.38. The van der Waals surface area contributed by atoms with Crippen LogP contribution in [0.2, 0.25) is 0 Å². The van der Waals surface area contributed by atoms with E-state index >= 15 is 0 Å². The van der Waals surface area contributed by atoms with Gasteiger partial charge in [0.2, 0.25) is 10.0 Å². The number of nitro benzene ring substituents is 1. The third-order valence-corrected chi connectivity index (χ3v) is 5.87. The maximum absolute atomic E-state index is 12.8. The Labute approximate surface area is 123 Å². The third kappa shape index (κ3) is 2.86. The summed E-state index contributed by atoms with van der Waals surface area (Å²) in [6.07, 6.45) is 1.70. The predicted octanol–water partition coefficient (Wildman–Crippen LogP) is 1.99. The van der Waals surface area contributed by atoms with Crippen LogP contribution in [-0.2, 0) is 10.0 Å². The van der Waals surface area contributed by atoms with Gasteiger partial charge in [-0.15, -0.1) is 0 Å². The molecular weight excluding hydrogens is 294 g/mol. The summed E-state index contributed by atoms with van der Waals surface area (Å²) in [5, 5.41) is 11.2. The van der Waals surface area contributed by atoms with Crippen molar-refractivity contribution in [1.82, 2.24) is 4.31 Å². The molecule has 0 radical (unpaired) electrons. The minimum atomic E-state index is -3.93. The lowest BCUT2D eigenvalue weighted by Gasteiger charge is -2.35. The number of nitrogen functional groups attached to an aromatic ring is 1. The number of nitrogens with zero attached hydrogens (tertiary/aromatic N) is 2. The minimum absolute atomic E-state index is 0.140. The number of anilines is 1. The lowest BCUT2D eigenvalue weighted by atomic mass is 9.97. The van der Waals surface area contributed by atoms with Crippen molar-refractivity contribution < 1.29 is 13.3 Å². The number of nitrogens with two attached hydrogens (primary N) is 1. The molecule has 1 saturated heterocycles. The topological polar surface area (TPSA) is 107 Å². The molecule has 2 atom stereocenters. The van der Waals surface area contributed by atoms with E-state index < -0.39 is 20.6 Å². The molecule has 1 aliphatic heterocycles. The van der Waals surface area contributed by atoms with Gasteiger partial charge in [0, 0.05) is 12.6 Å². The largest absolute Gasteiger partial charge is 0.393 e. The van der Waals surface area contributed by atoms with Crippen molar-refractivity contribution in [3.8, 4) is 0 Å². The Hall–Kier alpha value is -1.67. The maximum atomic E-state index is 12.8. The van der Waals surface area contributed by atoms with E-state index in [2.05, 4.69) is 0 Å². The third-order valence-electron chi connectivity index (χ3n) is 3.86. The van der Waals surface area contributed by atoms with E-state index in [0.29, 0.717) is 6.54 Å². The molecule has 1 heterocycles. The average molecular weight is 313 g/mol. The molecule has 7 nitrogen and oxygen atoms in total. The molecule has 0 saturated carbocycles. The van der Waals surface area contributed by atoms with E-state index in [1.54, 1.807) is 0 Å². The van der Waals surface area contributed by atoms with Crippen LogP contribution in [0.3, 0.4) is 0 Å². The lowest BCUT2D eigenvalue weighted by Crippen LogP contribution is -2.44. The van der Waals surface area contributed by atoms with Crippen LogP contribution in [0.1, 0.15) is 26.7 Å². The molecular formula is C13H19N3O4S.